The summed E-state index contributed by atoms with van der Waals surface area (Å²) in [4.78, 5) is 11.8. The monoisotopic (exact) mass is 367 g/mol. The number of methoxy groups -OCH3 is 1. The van der Waals surface area contributed by atoms with Gasteiger partial charge in [0.15, 0.2) is 0 Å². The van der Waals surface area contributed by atoms with Gasteiger partial charge in [0, 0.05) is 12.4 Å². The van der Waals surface area contributed by atoms with Crippen molar-refractivity contribution in [3.63, 3.8) is 0 Å². The Hall–Kier alpha value is -0.460. The Bertz CT molecular complexity index is 401. The molecule has 1 aromatic carbocycles. The lowest BCUT2D eigenvalue weighted by molar-refractivity contribution is 0.0903. The molecule has 0 spiro atoms. The molecule has 0 aliphatic rings. The summed E-state index contributed by atoms with van der Waals surface area (Å²) in [7, 11) is 1.54. The van der Waals surface area contributed by atoms with Crippen LogP contribution in [0.1, 0.15) is 10.4 Å². The maximum Gasteiger partial charge on any atom is 0.254 e. The number of rotatable bonds is 5. The number of ether oxygens (including phenoxy) is 1. The van der Waals surface area contributed by atoms with Crippen molar-refractivity contribution in [1.29, 1.82) is 0 Å². The van der Waals surface area contributed by atoms with Gasteiger partial charge in [0.05, 0.1) is 22.7 Å². The van der Waals surface area contributed by atoms with Crippen LogP contribution in [0.3, 0.4) is 0 Å². The lowest BCUT2D eigenvalue weighted by atomic mass is 10.2. The highest BCUT2D eigenvalue weighted by molar-refractivity contribution is 9.10. The molecule has 1 unspecified atom stereocenters. The summed E-state index contributed by atoms with van der Waals surface area (Å²) in [6, 6.07) is 4.41. The van der Waals surface area contributed by atoms with Crippen molar-refractivity contribution >= 4 is 37.8 Å². The number of amides is 1. The average molecular weight is 369 g/mol. The summed E-state index contributed by atoms with van der Waals surface area (Å²) >= 11 is 6.29. The maximum atomic E-state index is 13.6. The van der Waals surface area contributed by atoms with Gasteiger partial charge in [-0.1, -0.05) is 22.0 Å². The van der Waals surface area contributed by atoms with Crippen molar-refractivity contribution in [2.45, 2.75) is 6.04 Å². The van der Waals surface area contributed by atoms with Crippen molar-refractivity contribution in [2.75, 3.05) is 19.0 Å². The zero-order valence-corrected chi connectivity index (χ0v) is 12.3. The van der Waals surface area contributed by atoms with Crippen LogP contribution >= 0.6 is 31.9 Å². The molecule has 1 rings (SSSR count). The molecular formula is C11H12Br2FNO2. The highest BCUT2D eigenvalue weighted by Crippen LogP contribution is 2.18. The Balaban J connectivity index is 2.79. The van der Waals surface area contributed by atoms with Crippen LogP contribution < -0.4 is 5.32 Å². The predicted molar refractivity (Wildman–Crippen MR) is 71.0 cm³/mol. The molecular weight excluding hydrogens is 357 g/mol. The molecule has 6 heteroatoms. The Morgan fingerprint density at radius 1 is 1.59 bits per heavy atom. The summed E-state index contributed by atoms with van der Waals surface area (Å²) in [6.45, 7) is 0.368. The molecule has 1 N–H and O–H groups in total. The fourth-order valence-corrected chi connectivity index (χ4v) is 1.98. The van der Waals surface area contributed by atoms with E-state index in [0.29, 0.717) is 11.9 Å². The van der Waals surface area contributed by atoms with E-state index in [1.807, 2.05) is 0 Å². The first-order valence-electron chi connectivity index (χ1n) is 4.90. The van der Waals surface area contributed by atoms with Crippen LogP contribution in [-0.2, 0) is 4.74 Å². The highest BCUT2D eigenvalue weighted by Gasteiger charge is 2.17. The van der Waals surface area contributed by atoms with Gasteiger partial charge in [-0.15, -0.1) is 0 Å². The van der Waals surface area contributed by atoms with Crippen molar-refractivity contribution in [3.05, 3.63) is 34.1 Å². The van der Waals surface area contributed by atoms with Gasteiger partial charge in [0.1, 0.15) is 5.82 Å². The molecule has 3 nitrogen and oxygen atoms in total. The fraction of sp³-hybridized carbons (Fsp3) is 0.364. The van der Waals surface area contributed by atoms with Crippen molar-refractivity contribution < 1.29 is 13.9 Å². The minimum Gasteiger partial charge on any atom is -0.383 e. The minimum absolute atomic E-state index is 0.0152. The molecule has 0 saturated heterocycles. The van der Waals surface area contributed by atoms with E-state index in [4.69, 9.17) is 4.74 Å². The number of hydrogen-bond donors (Lipinski definition) is 1. The van der Waals surface area contributed by atoms with E-state index >= 15 is 0 Å². The molecule has 17 heavy (non-hydrogen) atoms. The normalized spacial score (nSPS) is 12.2. The summed E-state index contributed by atoms with van der Waals surface area (Å²) in [6.07, 6.45) is 0. The average Bonchev–Trinajstić information content (AvgIpc) is 2.31. The smallest absolute Gasteiger partial charge is 0.254 e. The van der Waals surface area contributed by atoms with Gasteiger partial charge in [-0.2, -0.15) is 0 Å². The Kier molecular flexibility index (Phi) is 6.08. The second kappa shape index (κ2) is 7.08. The topological polar surface area (TPSA) is 38.3 Å². The minimum atomic E-state index is -0.560. The van der Waals surface area contributed by atoms with Crippen molar-refractivity contribution in [1.82, 2.24) is 5.32 Å². The molecule has 0 radical (unpaired) electrons. The number of halogens is 3. The molecule has 94 valence electrons. The largest absolute Gasteiger partial charge is 0.383 e. The Morgan fingerprint density at radius 2 is 2.29 bits per heavy atom. The van der Waals surface area contributed by atoms with Crippen molar-refractivity contribution in [3.8, 4) is 0 Å². The van der Waals surface area contributed by atoms with Gasteiger partial charge in [-0.25, -0.2) is 4.39 Å². The second-order valence-electron chi connectivity index (χ2n) is 3.38. The first kappa shape index (κ1) is 14.6. The summed E-state index contributed by atoms with van der Waals surface area (Å²) in [5.41, 5.74) is 0.0152. The summed E-state index contributed by atoms with van der Waals surface area (Å²) in [5.74, 6) is -1.01. The quantitative estimate of drug-likeness (QED) is 0.811. The second-order valence-corrected chi connectivity index (χ2v) is 4.88. The van der Waals surface area contributed by atoms with Crippen LogP contribution in [0, 0.1) is 5.82 Å². The maximum absolute atomic E-state index is 13.6. The SMILES string of the molecule is COCC(CBr)NC(=O)c1cccc(Br)c1F. The van der Waals surface area contributed by atoms with E-state index in [2.05, 4.69) is 37.2 Å². The molecule has 0 aliphatic carbocycles. The van der Waals surface area contributed by atoms with E-state index in [9.17, 15) is 9.18 Å². The van der Waals surface area contributed by atoms with Gasteiger partial charge in [-0.05, 0) is 28.1 Å². The van der Waals surface area contributed by atoms with Gasteiger partial charge in [-0.3, -0.25) is 4.79 Å². The third-order valence-electron chi connectivity index (χ3n) is 2.09. The van der Waals surface area contributed by atoms with Gasteiger partial charge in [0.2, 0.25) is 0 Å². The summed E-state index contributed by atoms with van der Waals surface area (Å²) in [5, 5.41) is 3.22. The van der Waals surface area contributed by atoms with E-state index < -0.39 is 11.7 Å². The van der Waals surface area contributed by atoms with Gasteiger partial charge >= 0.3 is 0 Å². The Morgan fingerprint density at radius 3 is 2.88 bits per heavy atom. The van der Waals surface area contributed by atoms with Crippen LogP contribution in [0.2, 0.25) is 0 Å². The number of alkyl halides is 1. The molecule has 0 heterocycles. The molecule has 1 atom stereocenters. The number of benzene rings is 1. The molecule has 1 aromatic rings. The third-order valence-corrected chi connectivity index (χ3v) is 3.48. The molecule has 0 saturated carbocycles. The first-order valence-corrected chi connectivity index (χ1v) is 6.81. The van der Waals surface area contributed by atoms with E-state index in [0.717, 1.165) is 0 Å². The zero-order valence-electron chi connectivity index (χ0n) is 9.17. The van der Waals surface area contributed by atoms with Crippen LogP contribution in [0.5, 0.6) is 0 Å². The Labute approximate surface area is 116 Å². The van der Waals surface area contributed by atoms with E-state index in [-0.39, 0.29) is 16.1 Å². The zero-order chi connectivity index (χ0) is 12.8. The van der Waals surface area contributed by atoms with Crippen LogP contribution in [0.15, 0.2) is 22.7 Å². The highest BCUT2D eigenvalue weighted by atomic mass is 79.9. The molecule has 1 amide bonds. The lowest BCUT2D eigenvalue weighted by Crippen LogP contribution is -2.39. The number of hydrogen-bond acceptors (Lipinski definition) is 2. The molecule has 0 fully saturated rings. The van der Waals surface area contributed by atoms with Crippen LogP contribution in [0.25, 0.3) is 0 Å². The number of carbonyl (C=O) groups excluding carboxylic acids is 1. The fourth-order valence-electron chi connectivity index (χ4n) is 1.27. The first-order chi connectivity index (χ1) is 8.10. The predicted octanol–water partition coefficient (Wildman–Crippen LogP) is 2.73. The third kappa shape index (κ3) is 4.04. The van der Waals surface area contributed by atoms with Crippen molar-refractivity contribution in [2.24, 2.45) is 0 Å². The molecule has 0 aromatic heterocycles. The summed E-state index contributed by atoms with van der Waals surface area (Å²) < 4.78 is 18.9. The standard InChI is InChI=1S/C11H12Br2FNO2/c1-17-6-7(5-12)15-11(16)8-3-2-4-9(13)10(8)14/h2-4,7H,5-6H2,1H3,(H,15,16). The van der Waals surface area contributed by atoms with Gasteiger partial charge < -0.3 is 10.1 Å². The lowest BCUT2D eigenvalue weighted by Gasteiger charge is -2.15. The number of carbonyl (C=O) groups is 1. The van der Waals surface area contributed by atoms with Gasteiger partial charge in [0.25, 0.3) is 5.91 Å². The van der Waals surface area contributed by atoms with Crippen LogP contribution in [-0.4, -0.2) is 31.0 Å². The van der Waals surface area contributed by atoms with E-state index in [1.165, 1.54) is 6.07 Å². The van der Waals surface area contributed by atoms with Crippen LogP contribution in [0.4, 0.5) is 4.39 Å². The molecule has 0 bridgehead atoms. The number of nitrogens with one attached hydrogen (secondary N) is 1. The molecule has 0 aliphatic heterocycles. The van der Waals surface area contributed by atoms with E-state index in [1.54, 1.807) is 19.2 Å².